The summed E-state index contributed by atoms with van der Waals surface area (Å²) in [7, 11) is 0. The number of aromatic nitrogens is 3. The van der Waals surface area contributed by atoms with Crippen LogP contribution in [0.1, 0.15) is 25.8 Å². The molecule has 1 aromatic heterocycles. The standard InChI is InChI=1S/C10H16N4O3S/c1-6(7-3-2-4-17-7)14-9(11)12-13-10(14)18-5-8(15)16/h6-7H,2-5H2,1H3,(H2,11,12)(H,15,16). The minimum absolute atomic E-state index is 0.0128. The zero-order valence-corrected chi connectivity index (χ0v) is 10.9. The molecule has 7 nitrogen and oxygen atoms in total. The Balaban J connectivity index is 2.14. The van der Waals surface area contributed by atoms with Crippen molar-refractivity contribution in [1.29, 1.82) is 0 Å². The van der Waals surface area contributed by atoms with Crippen molar-refractivity contribution in [2.75, 3.05) is 18.1 Å². The van der Waals surface area contributed by atoms with Gasteiger partial charge in [0.25, 0.3) is 0 Å². The smallest absolute Gasteiger partial charge is 0.313 e. The summed E-state index contributed by atoms with van der Waals surface area (Å²) in [5.41, 5.74) is 5.79. The summed E-state index contributed by atoms with van der Waals surface area (Å²) in [4.78, 5) is 10.6. The summed E-state index contributed by atoms with van der Waals surface area (Å²) in [6.07, 6.45) is 2.10. The van der Waals surface area contributed by atoms with Gasteiger partial charge in [0.1, 0.15) is 0 Å². The van der Waals surface area contributed by atoms with Crippen molar-refractivity contribution in [3.8, 4) is 0 Å². The van der Waals surface area contributed by atoms with E-state index in [0.29, 0.717) is 11.1 Å². The molecule has 0 bridgehead atoms. The number of aliphatic carboxylic acids is 1. The second-order valence-corrected chi connectivity index (χ2v) is 5.13. The number of rotatable bonds is 5. The summed E-state index contributed by atoms with van der Waals surface area (Å²) in [6, 6.07) is 0.0128. The molecule has 0 radical (unpaired) electrons. The Morgan fingerprint density at radius 1 is 1.72 bits per heavy atom. The van der Waals surface area contributed by atoms with E-state index in [1.807, 2.05) is 6.92 Å². The van der Waals surface area contributed by atoms with Gasteiger partial charge in [-0.1, -0.05) is 11.8 Å². The van der Waals surface area contributed by atoms with Gasteiger partial charge in [0.15, 0.2) is 5.16 Å². The van der Waals surface area contributed by atoms with Crippen LogP contribution in [0.15, 0.2) is 5.16 Å². The number of hydrogen-bond acceptors (Lipinski definition) is 6. The van der Waals surface area contributed by atoms with Crippen LogP contribution in [0.3, 0.4) is 0 Å². The van der Waals surface area contributed by atoms with Gasteiger partial charge in [-0.05, 0) is 19.8 Å². The molecule has 1 fully saturated rings. The van der Waals surface area contributed by atoms with Crippen molar-refractivity contribution in [3.63, 3.8) is 0 Å². The number of nitrogen functional groups attached to an aromatic ring is 1. The molecule has 1 aliphatic heterocycles. The van der Waals surface area contributed by atoms with Crippen LogP contribution in [-0.2, 0) is 9.53 Å². The van der Waals surface area contributed by atoms with E-state index in [9.17, 15) is 4.79 Å². The van der Waals surface area contributed by atoms with E-state index >= 15 is 0 Å². The highest BCUT2D eigenvalue weighted by atomic mass is 32.2. The van der Waals surface area contributed by atoms with Gasteiger partial charge < -0.3 is 15.6 Å². The van der Waals surface area contributed by atoms with Crippen LogP contribution in [0.25, 0.3) is 0 Å². The molecule has 1 aliphatic rings. The van der Waals surface area contributed by atoms with Crippen LogP contribution in [0, 0.1) is 0 Å². The van der Waals surface area contributed by atoms with Crippen molar-refractivity contribution in [3.05, 3.63) is 0 Å². The number of hydrogen-bond donors (Lipinski definition) is 2. The van der Waals surface area contributed by atoms with Crippen molar-refractivity contribution >= 4 is 23.7 Å². The third-order valence-corrected chi connectivity index (χ3v) is 3.85. The Labute approximate surface area is 109 Å². The summed E-state index contributed by atoms with van der Waals surface area (Å²) in [5, 5.41) is 16.9. The largest absolute Gasteiger partial charge is 0.481 e. The maximum absolute atomic E-state index is 10.6. The molecule has 2 heterocycles. The van der Waals surface area contributed by atoms with Crippen molar-refractivity contribution in [2.45, 2.75) is 37.1 Å². The molecule has 2 rings (SSSR count). The second-order valence-electron chi connectivity index (χ2n) is 4.19. The molecule has 2 unspecified atom stereocenters. The van der Waals surface area contributed by atoms with E-state index < -0.39 is 5.97 Å². The fourth-order valence-corrected chi connectivity index (χ4v) is 2.80. The fourth-order valence-electron chi connectivity index (χ4n) is 2.05. The molecule has 1 aromatic rings. The van der Waals surface area contributed by atoms with Gasteiger partial charge in [0.2, 0.25) is 5.95 Å². The van der Waals surface area contributed by atoms with Gasteiger partial charge in [-0.2, -0.15) is 0 Å². The quantitative estimate of drug-likeness (QED) is 0.763. The molecule has 18 heavy (non-hydrogen) atoms. The van der Waals surface area contributed by atoms with E-state index in [-0.39, 0.29) is 17.9 Å². The van der Waals surface area contributed by atoms with Crippen LogP contribution in [0.4, 0.5) is 5.95 Å². The monoisotopic (exact) mass is 272 g/mol. The first-order valence-electron chi connectivity index (χ1n) is 5.76. The highest BCUT2D eigenvalue weighted by molar-refractivity contribution is 7.99. The Hall–Kier alpha value is -1.28. The molecule has 0 aliphatic carbocycles. The molecule has 100 valence electrons. The number of carboxylic acids is 1. The summed E-state index contributed by atoms with van der Waals surface area (Å²) < 4.78 is 7.37. The van der Waals surface area contributed by atoms with Gasteiger partial charge in [-0.15, -0.1) is 10.2 Å². The lowest BCUT2D eigenvalue weighted by atomic mass is 10.1. The zero-order valence-electron chi connectivity index (χ0n) is 10.1. The zero-order chi connectivity index (χ0) is 13.1. The number of carbonyl (C=O) groups is 1. The molecule has 0 saturated carbocycles. The molecular formula is C10H16N4O3S. The SMILES string of the molecule is CC(C1CCCO1)n1c(N)nnc1SCC(=O)O. The van der Waals surface area contributed by atoms with Gasteiger partial charge in [0.05, 0.1) is 17.9 Å². The fraction of sp³-hybridized carbons (Fsp3) is 0.700. The van der Waals surface area contributed by atoms with Crippen molar-refractivity contribution in [1.82, 2.24) is 14.8 Å². The Morgan fingerprint density at radius 2 is 2.50 bits per heavy atom. The molecular weight excluding hydrogens is 256 g/mol. The highest BCUT2D eigenvalue weighted by Gasteiger charge is 2.27. The summed E-state index contributed by atoms with van der Waals surface area (Å²) >= 11 is 1.12. The van der Waals surface area contributed by atoms with Crippen LogP contribution in [0.2, 0.25) is 0 Å². The Morgan fingerprint density at radius 3 is 3.11 bits per heavy atom. The number of ether oxygens (including phenoxy) is 1. The first-order chi connectivity index (χ1) is 8.59. The van der Waals surface area contributed by atoms with Crippen LogP contribution in [0.5, 0.6) is 0 Å². The second kappa shape index (κ2) is 5.57. The average molecular weight is 272 g/mol. The molecule has 0 spiro atoms. The molecule has 0 aromatic carbocycles. The number of anilines is 1. The maximum Gasteiger partial charge on any atom is 0.313 e. The first-order valence-corrected chi connectivity index (χ1v) is 6.74. The minimum atomic E-state index is -0.891. The first kappa shape index (κ1) is 13.2. The summed E-state index contributed by atoms with van der Waals surface area (Å²) in [6.45, 7) is 2.75. The lowest BCUT2D eigenvalue weighted by molar-refractivity contribution is -0.133. The van der Waals surface area contributed by atoms with E-state index in [1.54, 1.807) is 4.57 Å². The van der Waals surface area contributed by atoms with Crippen LogP contribution >= 0.6 is 11.8 Å². The number of carboxylic acid groups (broad SMARTS) is 1. The van der Waals surface area contributed by atoms with Crippen molar-refractivity contribution < 1.29 is 14.6 Å². The van der Waals surface area contributed by atoms with E-state index in [4.69, 9.17) is 15.6 Å². The topological polar surface area (TPSA) is 103 Å². The van der Waals surface area contributed by atoms with E-state index in [2.05, 4.69) is 10.2 Å². The molecule has 0 amide bonds. The van der Waals surface area contributed by atoms with E-state index in [0.717, 1.165) is 31.2 Å². The molecule has 1 saturated heterocycles. The molecule has 3 N–H and O–H groups in total. The van der Waals surface area contributed by atoms with Gasteiger partial charge in [-0.3, -0.25) is 9.36 Å². The number of nitrogens with two attached hydrogens (primary N) is 1. The van der Waals surface area contributed by atoms with Gasteiger partial charge in [0, 0.05) is 6.61 Å². The van der Waals surface area contributed by atoms with Gasteiger partial charge >= 0.3 is 5.97 Å². The number of thioether (sulfide) groups is 1. The minimum Gasteiger partial charge on any atom is -0.481 e. The molecule has 2 atom stereocenters. The number of nitrogens with zero attached hydrogens (tertiary/aromatic N) is 3. The predicted molar refractivity (Wildman–Crippen MR) is 66.5 cm³/mol. The van der Waals surface area contributed by atoms with Crippen LogP contribution in [-0.4, -0.2) is 44.3 Å². The third-order valence-electron chi connectivity index (χ3n) is 2.93. The van der Waals surface area contributed by atoms with Crippen LogP contribution < -0.4 is 5.73 Å². The van der Waals surface area contributed by atoms with Crippen molar-refractivity contribution in [2.24, 2.45) is 0 Å². The summed E-state index contributed by atoms with van der Waals surface area (Å²) in [5.74, 6) is -0.653. The van der Waals surface area contributed by atoms with Gasteiger partial charge in [-0.25, -0.2) is 0 Å². The normalized spacial score (nSPS) is 21.1. The predicted octanol–water partition coefficient (Wildman–Crippen LogP) is 0.777. The lowest BCUT2D eigenvalue weighted by Gasteiger charge is -2.21. The maximum atomic E-state index is 10.6. The Bertz CT molecular complexity index is 431. The Kier molecular flexibility index (Phi) is 4.07. The lowest BCUT2D eigenvalue weighted by Crippen LogP contribution is -2.23. The molecule has 8 heteroatoms. The third kappa shape index (κ3) is 2.75. The van der Waals surface area contributed by atoms with E-state index in [1.165, 1.54) is 0 Å². The highest BCUT2D eigenvalue weighted by Crippen LogP contribution is 2.29. The average Bonchev–Trinajstić information content (AvgIpc) is 2.94.